The molecule has 1 fully saturated rings. The molecule has 0 spiro atoms. The summed E-state index contributed by atoms with van der Waals surface area (Å²) in [5, 5.41) is 0.315. The van der Waals surface area contributed by atoms with E-state index in [0.29, 0.717) is 16.1 Å². The summed E-state index contributed by atoms with van der Waals surface area (Å²) in [4.78, 5) is 0.0115. The number of benzene rings is 1. The van der Waals surface area contributed by atoms with Gasteiger partial charge in [0, 0.05) is 18.2 Å². The lowest BCUT2D eigenvalue weighted by atomic mass is 10.2. The molecule has 1 aromatic rings. The monoisotopic (exact) mass is 383 g/mol. The predicted molar refractivity (Wildman–Crippen MR) is 79.9 cm³/mol. The van der Waals surface area contributed by atoms with Crippen LogP contribution in [0.25, 0.3) is 0 Å². The van der Waals surface area contributed by atoms with Gasteiger partial charge < -0.3 is 9.47 Å². The zero-order valence-electron chi connectivity index (χ0n) is 10.9. The van der Waals surface area contributed by atoms with E-state index in [9.17, 15) is 8.42 Å². The highest BCUT2D eigenvalue weighted by Crippen LogP contribution is 2.35. The molecule has 0 aliphatic carbocycles. The van der Waals surface area contributed by atoms with Gasteiger partial charge in [0.2, 0.25) is 10.0 Å². The highest BCUT2D eigenvalue weighted by Gasteiger charge is 2.24. The van der Waals surface area contributed by atoms with Gasteiger partial charge in [-0.15, -0.1) is 0 Å². The first-order valence-corrected chi connectivity index (χ1v) is 8.74. The Morgan fingerprint density at radius 3 is 2.90 bits per heavy atom. The van der Waals surface area contributed by atoms with Crippen molar-refractivity contribution in [1.29, 1.82) is 0 Å². The van der Waals surface area contributed by atoms with Crippen molar-refractivity contribution in [2.75, 3.05) is 20.3 Å². The van der Waals surface area contributed by atoms with E-state index < -0.39 is 10.0 Å². The summed E-state index contributed by atoms with van der Waals surface area (Å²) < 4.78 is 38.2. The summed E-state index contributed by atoms with van der Waals surface area (Å²) in [5.74, 6) is 0.231. The molecule has 1 aliphatic heterocycles. The fraction of sp³-hybridized carbons (Fsp3) is 0.500. The standard InChI is InChI=1S/C12H15BrClNO4S/c1-18-12-10(13)5-8(14)6-11(12)20(16,17)15-7-9-3-2-4-19-9/h5-6,9,15H,2-4,7H2,1H3/t9-/m0/s1. The molecule has 1 atom stereocenters. The van der Waals surface area contributed by atoms with Gasteiger partial charge in [-0.2, -0.15) is 0 Å². The molecule has 1 saturated heterocycles. The number of nitrogens with one attached hydrogen (secondary N) is 1. The molecular weight excluding hydrogens is 370 g/mol. The van der Waals surface area contributed by atoms with Crippen LogP contribution in [-0.2, 0) is 14.8 Å². The van der Waals surface area contributed by atoms with Crippen molar-refractivity contribution in [3.8, 4) is 5.75 Å². The molecular formula is C12H15BrClNO4S. The lowest BCUT2D eigenvalue weighted by Crippen LogP contribution is -2.32. The van der Waals surface area contributed by atoms with E-state index >= 15 is 0 Å². The summed E-state index contributed by atoms with van der Waals surface area (Å²) in [7, 11) is -2.30. The predicted octanol–water partition coefficient (Wildman–Crippen LogP) is 2.57. The van der Waals surface area contributed by atoms with Gasteiger partial charge in [0.15, 0.2) is 5.75 Å². The van der Waals surface area contributed by atoms with Crippen LogP contribution < -0.4 is 9.46 Å². The maximum atomic E-state index is 12.3. The molecule has 1 aliphatic rings. The number of halogens is 2. The van der Waals surface area contributed by atoms with E-state index in [-0.39, 0.29) is 23.3 Å². The average Bonchev–Trinajstić information content (AvgIpc) is 2.89. The van der Waals surface area contributed by atoms with Crippen molar-refractivity contribution < 1.29 is 17.9 Å². The second-order valence-corrected chi connectivity index (χ2v) is 7.43. The van der Waals surface area contributed by atoms with Crippen molar-refractivity contribution in [3.05, 3.63) is 21.6 Å². The Morgan fingerprint density at radius 1 is 1.55 bits per heavy atom. The number of hydrogen-bond acceptors (Lipinski definition) is 4. The normalized spacial score (nSPS) is 19.2. The van der Waals surface area contributed by atoms with Crippen LogP contribution in [0.3, 0.4) is 0 Å². The molecule has 1 heterocycles. The van der Waals surface area contributed by atoms with Crippen molar-refractivity contribution in [2.24, 2.45) is 0 Å². The topological polar surface area (TPSA) is 64.6 Å². The number of methoxy groups -OCH3 is 1. The molecule has 20 heavy (non-hydrogen) atoms. The molecule has 112 valence electrons. The second-order valence-electron chi connectivity index (χ2n) is 4.41. The van der Waals surface area contributed by atoms with Gasteiger partial charge in [0.05, 0.1) is 17.7 Å². The summed E-state index contributed by atoms with van der Waals surface area (Å²) >= 11 is 9.15. The fourth-order valence-corrected chi connectivity index (χ4v) is 4.47. The van der Waals surface area contributed by atoms with Gasteiger partial charge in [-0.25, -0.2) is 13.1 Å². The van der Waals surface area contributed by atoms with Crippen molar-refractivity contribution in [1.82, 2.24) is 4.72 Å². The van der Waals surface area contributed by atoms with E-state index in [1.54, 1.807) is 6.07 Å². The second kappa shape index (κ2) is 6.62. The summed E-state index contributed by atoms with van der Waals surface area (Å²) in [6.45, 7) is 0.925. The number of hydrogen-bond donors (Lipinski definition) is 1. The zero-order chi connectivity index (χ0) is 14.8. The third-order valence-corrected chi connectivity index (χ3v) is 5.23. The first kappa shape index (κ1) is 16.0. The average molecular weight is 385 g/mol. The number of ether oxygens (including phenoxy) is 2. The molecule has 0 saturated carbocycles. The zero-order valence-corrected chi connectivity index (χ0v) is 14.0. The minimum atomic E-state index is -3.70. The van der Waals surface area contributed by atoms with Gasteiger partial charge in [0.25, 0.3) is 0 Å². The van der Waals surface area contributed by atoms with Crippen LogP contribution in [0.1, 0.15) is 12.8 Å². The summed E-state index contributed by atoms with van der Waals surface area (Å²) in [6.07, 6.45) is 1.75. The largest absolute Gasteiger partial charge is 0.494 e. The Kier molecular flexibility index (Phi) is 5.30. The molecule has 0 unspecified atom stereocenters. The lowest BCUT2D eigenvalue weighted by Gasteiger charge is -2.14. The third-order valence-electron chi connectivity index (χ3n) is 2.99. The fourth-order valence-electron chi connectivity index (χ4n) is 2.02. The van der Waals surface area contributed by atoms with Crippen LogP contribution in [0.4, 0.5) is 0 Å². The van der Waals surface area contributed by atoms with Crippen molar-refractivity contribution in [3.63, 3.8) is 0 Å². The van der Waals surface area contributed by atoms with Gasteiger partial charge in [-0.1, -0.05) is 11.6 Å². The summed E-state index contributed by atoms with van der Waals surface area (Å²) in [5.41, 5.74) is 0. The van der Waals surface area contributed by atoms with Crippen molar-refractivity contribution >= 4 is 37.6 Å². The third kappa shape index (κ3) is 3.65. The van der Waals surface area contributed by atoms with Gasteiger partial charge in [-0.05, 0) is 40.9 Å². The molecule has 1 aromatic carbocycles. The minimum absolute atomic E-state index is 0.0115. The van der Waals surface area contributed by atoms with Crippen LogP contribution in [0.15, 0.2) is 21.5 Å². The smallest absolute Gasteiger partial charge is 0.244 e. The van der Waals surface area contributed by atoms with Crippen LogP contribution in [0, 0.1) is 0 Å². The Bertz CT molecular complexity index is 587. The minimum Gasteiger partial charge on any atom is -0.494 e. The molecule has 1 N–H and O–H groups in total. The van der Waals surface area contributed by atoms with E-state index in [0.717, 1.165) is 12.8 Å². The number of sulfonamides is 1. The van der Waals surface area contributed by atoms with Crippen molar-refractivity contribution in [2.45, 2.75) is 23.8 Å². The molecule has 0 amide bonds. The molecule has 5 nitrogen and oxygen atoms in total. The molecule has 8 heteroatoms. The highest BCUT2D eigenvalue weighted by atomic mass is 79.9. The maximum Gasteiger partial charge on any atom is 0.244 e. The molecule has 0 aromatic heterocycles. The molecule has 2 rings (SSSR count). The van der Waals surface area contributed by atoms with E-state index in [1.807, 2.05) is 0 Å². The van der Waals surface area contributed by atoms with Crippen LogP contribution in [0.5, 0.6) is 5.75 Å². The van der Waals surface area contributed by atoms with E-state index in [1.165, 1.54) is 13.2 Å². The Morgan fingerprint density at radius 2 is 2.30 bits per heavy atom. The molecule has 0 radical (unpaired) electrons. The lowest BCUT2D eigenvalue weighted by molar-refractivity contribution is 0.114. The SMILES string of the molecule is COc1c(Br)cc(Cl)cc1S(=O)(=O)NC[C@@H]1CCCO1. The Labute approximate surface area is 131 Å². The van der Waals surface area contributed by atoms with E-state index in [4.69, 9.17) is 21.1 Å². The highest BCUT2D eigenvalue weighted by molar-refractivity contribution is 9.10. The van der Waals surface area contributed by atoms with Gasteiger partial charge in [0.1, 0.15) is 4.90 Å². The number of rotatable bonds is 5. The Balaban J connectivity index is 2.24. The first-order chi connectivity index (χ1) is 9.44. The first-order valence-electron chi connectivity index (χ1n) is 6.08. The maximum absolute atomic E-state index is 12.3. The summed E-state index contributed by atoms with van der Waals surface area (Å²) in [6, 6.07) is 2.95. The Hall–Kier alpha value is -0.340. The van der Waals surface area contributed by atoms with E-state index in [2.05, 4.69) is 20.7 Å². The van der Waals surface area contributed by atoms with Gasteiger partial charge >= 0.3 is 0 Å². The quantitative estimate of drug-likeness (QED) is 0.847. The van der Waals surface area contributed by atoms with Crippen LogP contribution in [0.2, 0.25) is 5.02 Å². The van der Waals surface area contributed by atoms with Gasteiger partial charge in [-0.3, -0.25) is 0 Å². The molecule has 0 bridgehead atoms. The van der Waals surface area contributed by atoms with Crippen LogP contribution >= 0.6 is 27.5 Å². The van der Waals surface area contributed by atoms with Crippen LogP contribution in [-0.4, -0.2) is 34.8 Å².